The molecule has 0 fully saturated rings. The largest absolute Gasteiger partial charge is 0.380 e. The molecule has 90 valence electrons. The van der Waals surface area contributed by atoms with Gasteiger partial charge >= 0.3 is 0 Å². The Morgan fingerprint density at radius 3 is 2.12 bits per heavy atom. The lowest BCUT2D eigenvalue weighted by Crippen LogP contribution is -2.32. The summed E-state index contributed by atoms with van der Waals surface area (Å²) >= 11 is 1.96. The molecule has 1 nitrogen and oxygen atoms in total. The van der Waals surface area contributed by atoms with Gasteiger partial charge in [-0.3, -0.25) is 0 Å². The van der Waals surface area contributed by atoms with Crippen LogP contribution in [0.1, 0.15) is 56.5 Å². The lowest BCUT2D eigenvalue weighted by atomic mass is 9.66. The molecule has 1 aliphatic rings. The van der Waals surface area contributed by atoms with Gasteiger partial charge in [0.2, 0.25) is 0 Å². The second kappa shape index (κ2) is 3.49. The molecule has 1 aromatic heterocycles. The zero-order chi connectivity index (χ0) is 12.1. The number of fused-ring (bicyclic) bond motifs is 1. The summed E-state index contributed by atoms with van der Waals surface area (Å²) in [6.45, 7) is 11.8. The summed E-state index contributed by atoms with van der Waals surface area (Å²) < 4.78 is 0. The molecule has 0 aliphatic heterocycles. The quantitative estimate of drug-likeness (QED) is 0.761. The molecule has 0 saturated carbocycles. The van der Waals surface area contributed by atoms with Crippen molar-refractivity contribution >= 4 is 16.3 Å². The third kappa shape index (κ3) is 1.58. The first kappa shape index (κ1) is 12.0. The van der Waals surface area contributed by atoms with Crippen LogP contribution < -0.4 is 5.32 Å². The van der Waals surface area contributed by atoms with E-state index in [0.29, 0.717) is 10.8 Å². The first-order valence-corrected chi connectivity index (χ1v) is 6.93. The molecule has 0 amide bonds. The number of nitrogens with one attached hydrogen (secondary N) is 1. The molecule has 0 unspecified atom stereocenters. The predicted octanol–water partition coefficient (Wildman–Crippen LogP) is 4.45. The minimum Gasteiger partial charge on any atom is -0.380 e. The van der Waals surface area contributed by atoms with Crippen molar-refractivity contribution in [2.75, 3.05) is 12.4 Å². The zero-order valence-corrected chi connectivity index (χ0v) is 12.1. The molecule has 0 spiro atoms. The van der Waals surface area contributed by atoms with Gasteiger partial charge in [-0.25, -0.2) is 0 Å². The third-order valence-corrected chi connectivity index (χ3v) is 5.72. The Morgan fingerprint density at radius 2 is 1.62 bits per heavy atom. The van der Waals surface area contributed by atoms with Crippen LogP contribution in [0.4, 0.5) is 5.00 Å². The van der Waals surface area contributed by atoms with Crippen molar-refractivity contribution in [1.29, 1.82) is 0 Å². The van der Waals surface area contributed by atoms with E-state index in [2.05, 4.69) is 39.9 Å². The molecule has 0 aromatic carbocycles. The van der Waals surface area contributed by atoms with Gasteiger partial charge in [0.15, 0.2) is 0 Å². The normalized spacial score (nSPS) is 21.6. The summed E-state index contributed by atoms with van der Waals surface area (Å²) in [7, 11) is 2.03. The summed E-state index contributed by atoms with van der Waals surface area (Å²) in [5, 5.41) is 4.70. The van der Waals surface area contributed by atoms with E-state index in [1.54, 1.807) is 10.4 Å². The van der Waals surface area contributed by atoms with Crippen molar-refractivity contribution in [2.45, 2.75) is 58.3 Å². The Bertz CT molecular complexity index is 413. The summed E-state index contributed by atoms with van der Waals surface area (Å²) in [5.41, 5.74) is 3.79. The maximum atomic E-state index is 3.35. The molecule has 0 bridgehead atoms. The van der Waals surface area contributed by atoms with Crippen molar-refractivity contribution in [3.63, 3.8) is 0 Å². The zero-order valence-electron chi connectivity index (χ0n) is 11.3. The van der Waals surface area contributed by atoms with Crippen LogP contribution >= 0.6 is 11.3 Å². The smallest absolute Gasteiger partial charge is 0.0915 e. The molecule has 1 heterocycles. The Balaban J connectivity index is 2.68. The van der Waals surface area contributed by atoms with Gasteiger partial charge in [0.05, 0.1) is 5.00 Å². The first-order chi connectivity index (χ1) is 7.29. The minimum atomic E-state index is 0.348. The van der Waals surface area contributed by atoms with Crippen LogP contribution in [0, 0.1) is 6.92 Å². The molecule has 2 heteroatoms. The van der Waals surface area contributed by atoms with Gasteiger partial charge < -0.3 is 5.32 Å². The van der Waals surface area contributed by atoms with Crippen LogP contribution in [0.25, 0.3) is 0 Å². The fourth-order valence-electron chi connectivity index (χ4n) is 2.91. The number of hydrogen-bond donors (Lipinski definition) is 1. The molecular weight excluding hydrogens is 214 g/mol. The molecule has 1 aliphatic carbocycles. The summed E-state index contributed by atoms with van der Waals surface area (Å²) in [5.74, 6) is 0. The van der Waals surface area contributed by atoms with Crippen LogP contribution in [0.15, 0.2) is 0 Å². The lowest BCUT2D eigenvalue weighted by molar-refractivity contribution is 0.337. The van der Waals surface area contributed by atoms with Crippen molar-refractivity contribution < 1.29 is 0 Å². The van der Waals surface area contributed by atoms with Gasteiger partial charge in [-0.2, -0.15) is 0 Å². The second-order valence-corrected chi connectivity index (χ2v) is 7.30. The molecule has 1 N–H and O–H groups in total. The Labute approximate surface area is 103 Å². The highest BCUT2D eigenvalue weighted by molar-refractivity contribution is 7.16. The highest BCUT2D eigenvalue weighted by Crippen LogP contribution is 2.52. The van der Waals surface area contributed by atoms with E-state index < -0.39 is 0 Å². The monoisotopic (exact) mass is 237 g/mol. The van der Waals surface area contributed by atoms with Crippen molar-refractivity contribution in [3.05, 3.63) is 16.0 Å². The summed E-state index contributed by atoms with van der Waals surface area (Å²) in [6, 6.07) is 0. The molecule has 0 atom stereocenters. The molecule has 0 radical (unpaired) electrons. The maximum Gasteiger partial charge on any atom is 0.0915 e. The Kier molecular flexibility index (Phi) is 2.61. The molecule has 0 saturated heterocycles. The second-order valence-electron chi connectivity index (χ2n) is 6.28. The Hall–Kier alpha value is -0.500. The van der Waals surface area contributed by atoms with Crippen molar-refractivity contribution in [1.82, 2.24) is 0 Å². The van der Waals surface area contributed by atoms with Gasteiger partial charge in [0.25, 0.3) is 0 Å². The van der Waals surface area contributed by atoms with Crippen LogP contribution in [0.5, 0.6) is 0 Å². The fourth-order valence-corrected chi connectivity index (χ4v) is 4.38. The molecule has 16 heavy (non-hydrogen) atoms. The summed E-state index contributed by atoms with van der Waals surface area (Å²) in [4.78, 5) is 1.60. The highest BCUT2D eigenvalue weighted by Gasteiger charge is 2.40. The standard InChI is InChI=1S/C14H23NS/c1-9-10-11(16-12(9)15-6)14(4,5)8-7-13(10,2)3/h15H,7-8H2,1-6H3. The average Bonchev–Trinajstić information content (AvgIpc) is 2.53. The number of hydrogen-bond acceptors (Lipinski definition) is 2. The van der Waals surface area contributed by atoms with E-state index in [1.807, 2.05) is 18.4 Å². The van der Waals surface area contributed by atoms with Crippen LogP contribution in [0.2, 0.25) is 0 Å². The van der Waals surface area contributed by atoms with E-state index in [1.165, 1.54) is 23.4 Å². The lowest BCUT2D eigenvalue weighted by Gasteiger charge is -2.39. The highest BCUT2D eigenvalue weighted by atomic mass is 32.1. The van der Waals surface area contributed by atoms with Crippen LogP contribution in [0.3, 0.4) is 0 Å². The van der Waals surface area contributed by atoms with E-state index in [4.69, 9.17) is 0 Å². The van der Waals surface area contributed by atoms with Gasteiger partial charge in [-0.1, -0.05) is 27.7 Å². The number of rotatable bonds is 1. The van der Waals surface area contributed by atoms with Gasteiger partial charge in [-0.15, -0.1) is 11.3 Å². The van der Waals surface area contributed by atoms with Crippen LogP contribution in [-0.4, -0.2) is 7.05 Å². The average molecular weight is 237 g/mol. The van der Waals surface area contributed by atoms with Crippen LogP contribution in [-0.2, 0) is 10.8 Å². The summed E-state index contributed by atoms with van der Waals surface area (Å²) in [6.07, 6.45) is 2.60. The van der Waals surface area contributed by atoms with E-state index >= 15 is 0 Å². The predicted molar refractivity (Wildman–Crippen MR) is 73.9 cm³/mol. The fraction of sp³-hybridized carbons (Fsp3) is 0.714. The van der Waals surface area contributed by atoms with Gasteiger partial charge in [-0.05, 0) is 41.7 Å². The van der Waals surface area contributed by atoms with E-state index in [-0.39, 0.29) is 0 Å². The topological polar surface area (TPSA) is 12.0 Å². The van der Waals surface area contributed by atoms with Crippen molar-refractivity contribution in [3.8, 4) is 0 Å². The van der Waals surface area contributed by atoms with Crippen molar-refractivity contribution in [2.24, 2.45) is 0 Å². The minimum absolute atomic E-state index is 0.348. The molecule has 2 rings (SSSR count). The van der Waals surface area contributed by atoms with E-state index in [0.717, 1.165) is 0 Å². The third-order valence-electron chi connectivity index (χ3n) is 4.04. The SMILES string of the molecule is CNc1sc2c(c1C)C(C)(C)CCC2(C)C. The van der Waals surface area contributed by atoms with E-state index in [9.17, 15) is 0 Å². The maximum absolute atomic E-state index is 3.35. The number of thiophene rings is 1. The Morgan fingerprint density at radius 1 is 1.06 bits per heavy atom. The molecular formula is C14H23NS. The van der Waals surface area contributed by atoms with Gasteiger partial charge in [0.1, 0.15) is 0 Å². The van der Waals surface area contributed by atoms with Gasteiger partial charge in [0, 0.05) is 11.9 Å². The number of anilines is 1. The molecule has 1 aromatic rings. The first-order valence-electron chi connectivity index (χ1n) is 6.12.